The van der Waals surface area contributed by atoms with Crippen LogP contribution >= 0.6 is 0 Å². The van der Waals surface area contributed by atoms with E-state index in [4.69, 9.17) is 11.0 Å². The Bertz CT molecular complexity index is 559. The Morgan fingerprint density at radius 1 is 1.42 bits per heavy atom. The molecule has 2 N–H and O–H groups in total. The van der Waals surface area contributed by atoms with Crippen LogP contribution in [0.5, 0.6) is 0 Å². The first-order valence-electron chi connectivity index (χ1n) is 6.19. The molecule has 1 aromatic rings. The van der Waals surface area contributed by atoms with Gasteiger partial charge < -0.3 is 15.5 Å². The number of fused-ring (bicyclic) bond motifs is 1. The van der Waals surface area contributed by atoms with E-state index in [1.807, 2.05) is 30.9 Å². The molecule has 100 valence electrons. The Morgan fingerprint density at radius 3 is 2.68 bits per heavy atom. The summed E-state index contributed by atoms with van der Waals surface area (Å²) >= 11 is 0. The van der Waals surface area contributed by atoms with Gasteiger partial charge >= 0.3 is 0 Å². The molecule has 0 atom stereocenters. The highest BCUT2D eigenvalue weighted by Gasteiger charge is 2.35. The monoisotopic (exact) mass is 258 g/mol. The highest BCUT2D eigenvalue weighted by Crippen LogP contribution is 2.37. The summed E-state index contributed by atoms with van der Waals surface area (Å²) in [6, 6.07) is 7.48. The van der Waals surface area contributed by atoms with Gasteiger partial charge in [0.2, 0.25) is 5.91 Å². The van der Waals surface area contributed by atoms with Crippen molar-refractivity contribution in [3.05, 3.63) is 23.8 Å². The molecule has 5 heteroatoms. The molecule has 1 aromatic carbocycles. The van der Waals surface area contributed by atoms with Crippen molar-refractivity contribution < 1.29 is 4.79 Å². The number of nitrogens with zero attached hydrogens (tertiary/aromatic N) is 3. The van der Waals surface area contributed by atoms with Crippen LogP contribution in [0.4, 0.5) is 11.4 Å². The van der Waals surface area contributed by atoms with Crippen LogP contribution in [0.25, 0.3) is 0 Å². The number of anilines is 2. The van der Waals surface area contributed by atoms with Crippen LogP contribution in [0.2, 0.25) is 0 Å². The Hall–Kier alpha value is -2.06. The minimum absolute atomic E-state index is 0.0266. The van der Waals surface area contributed by atoms with Crippen LogP contribution in [0.15, 0.2) is 18.2 Å². The SMILES string of the molecule is CN1C(=O)CN(C(C)(C)CN)c2cc(C#N)ccc21. The van der Waals surface area contributed by atoms with E-state index < -0.39 is 0 Å². The van der Waals surface area contributed by atoms with Crippen molar-refractivity contribution in [3.63, 3.8) is 0 Å². The molecule has 1 heterocycles. The second-order valence-corrected chi connectivity index (χ2v) is 5.37. The van der Waals surface area contributed by atoms with E-state index >= 15 is 0 Å². The van der Waals surface area contributed by atoms with Gasteiger partial charge in [0.05, 0.1) is 29.6 Å². The smallest absolute Gasteiger partial charge is 0.246 e. The number of carbonyl (C=O) groups is 1. The Kier molecular flexibility index (Phi) is 3.21. The zero-order valence-corrected chi connectivity index (χ0v) is 11.5. The zero-order valence-electron chi connectivity index (χ0n) is 11.5. The average molecular weight is 258 g/mol. The minimum Gasteiger partial charge on any atom is -0.354 e. The largest absolute Gasteiger partial charge is 0.354 e. The van der Waals surface area contributed by atoms with E-state index in [-0.39, 0.29) is 18.0 Å². The van der Waals surface area contributed by atoms with E-state index in [0.29, 0.717) is 12.1 Å². The lowest BCUT2D eigenvalue weighted by Gasteiger charge is -2.44. The summed E-state index contributed by atoms with van der Waals surface area (Å²) in [5.74, 6) is 0.0266. The summed E-state index contributed by atoms with van der Waals surface area (Å²) in [5, 5.41) is 9.03. The topological polar surface area (TPSA) is 73.4 Å². The van der Waals surface area contributed by atoms with E-state index in [1.54, 1.807) is 18.0 Å². The molecule has 0 radical (unpaired) electrons. The van der Waals surface area contributed by atoms with Gasteiger partial charge in [0.25, 0.3) is 0 Å². The quantitative estimate of drug-likeness (QED) is 0.861. The highest BCUT2D eigenvalue weighted by molar-refractivity contribution is 6.03. The van der Waals surface area contributed by atoms with Gasteiger partial charge in [-0.25, -0.2) is 0 Å². The summed E-state index contributed by atoms with van der Waals surface area (Å²) in [5.41, 5.74) is 7.76. The summed E-state index contributed by atoms with van der Waals surface area (Å²) in [4.78, 5) is 15.7. The van der Waals surface area contributed by atoms with E-state index in [1.165, 1.54) is 0 Å². The molecule has 0 saturated carbocycles. The summed E-state index contributed by atoms with van der Waals surface area (Å²) in [7, 11) is 1.75. The van der Waals surface area contributed by atoms with Crippen LogP contribution in [0.3, 0.4) is 0 Å². The molecule has 0 saturated heterocycles. The number of hydrogen-bond donors (Lipinski definition) is 1. The maximum Gasteiger partial charge on any atom is 0.246 e. The lowest BCUT2D eigenvalue weighted by atomic mass is 9.98. The van der Waals surface area contributed by atoms with Gasteiger partial charge in [-0.2, -0.15) is 5.26 Å². The highest BCUT2D eigenvalue weighted by atomic mass is 16.2. The molecular weight excluding hydrogens is 240 g/mol. The van der Waals surface area contributed by atoms with E-state index in [2.05, 4.69) is 6.07 Å². The maximum absolute atomic E-state index is 12.1. The second kappa shape index (κ2) is 4.56. The third kappa shape index (κ3) is 2.15. The lowest BCUT2D eigenvalue weighted by Crippen LogP contribution is -2.56. The van der Waals surface area contributed by atoms with Crippen LogP contribution in [-0.2, 0) is 4.79 Å². The fraction of sp³-hybridized carbons (Fsp3) is 0.429. The summed E-state index contributed by atoms with van der Waals surface area (Å²) in [6.45, 7) is 4.70. The number of carbonyl (C=O) groups excluding carboxylic acids is 1. The molecule has 0 aliphatic carbocycles. The number of benzene rings is 1. The van der Waals surface area contributed by atoms with E-state index in [9.17, 15) is 4.79 Å². The number of likely N-dealkylation sites (N-methyl/N-ethyl adjacent to an activating group) is 1. The standard InChI is InChI=1S/C14H18N4O/c1-14(2,9-16)18-8-13(19)17(3)11-5-4-10(7-15)6-12(11)18/h4-6H,8-9,16H2,1-3H3. The molecule has 0 spiro atoms. The number of amides is 1. The summed E-state index contributed by atoms with van der Waals surface area (Å²) < 4.78 is 0. The van der Waals surface area contributed by atoms with Gasteiger partial charge in [0, 0.05) is 19.1 Å². The second-order valence-electron chi connectivity index (χ2n) is 5.37. The zero-order chi connectivity index (χ0) is 14.2. The molecule has 1 aliphatic rings. The Balaban J connectivity index is 2.59. The van der Waals surface area contributed by atoms with Gasteiger partial charge in [0.15, 0.2) is 0 Å². The van der Waals surface area contributed by atoms with Crippen molar-refractivity contribution in [2.75, 3.05) is 29.9 Å². The van der Waals surface area contributed by atoms with E-state index in [0.717, 1.165) is 11.4 Å². The molecule has 1 aliphatic heterocycles. The number of hydrogen-bond acceptors (Lipinski definition) is 4. The van der Waals surface area contributed by atoms with Gasteiger partial charge in [-0.3, -0.25) is 4.79 Å². The Morgan fingerprint density at radius 2 is 2.11 bits per heavy atom. The fourth-order valence-electron chi connectivity index (χ4n) is 2.20. The van der Waals surface area contributed by atoms with Crippen molar-refractivity contribution in [2.24, 2.45) is 5.73 Å². The molecule has 0 unspecified atom stereocenters. The van der Waals surface area contributed by atoms with Gasteiger partial charge in [-0.15, -0.1) is 0 Å². The first-order chi connectivity index (χ1) is 8.90. The van der Waals surface area contributed by atoms with Gasteiger partial charge in [-0.05, 0) is 32.0 Å². The molecule has 0 fully saturated rings. The molecule has 0 bridgehead atoms. The van der Waals surface area contributed by atoms with Crippen molar-refractivity contribution in [3.8, 4) is 6.07 Å². The summed E-state index contributed by atoms with van der Waals surface area (Å²) in [6.07, 6.45) is 0. The normalized spacial score (nSPS) is 15.2. The third-order valence-electron chi connectivity index (χ3n) is 3.65. The van der Waals surface area contributed by atoms with Crippen LogP contribution in [0, 0.1) is 11.3 Å². The predicted octanol–water partition coefficient (Wildman–Crippen LogP) is 1.08. The molecule has 1 amide bonds. The maximum atomic E-state index is 12.1. The first kappa shape index (κ1) is 13.4. The third-order valence-corrected chi connectivity index (χ3v) is 3.65. The van der Waals surface area contributed by atoms with Crippen LogP contribution in [-0.4, -0.2) is 31.6 Å². The number of nitrogens with two attached hydrogens (primary N) is 1. The van der Waals surface area contributed by atoms with Gasteiger partial charge in [0.1, 0.15) is 0 Å². The molecule has 2 rings (SSSR count). The predicted molar refractivity (Wildman–Crippen MR) is 75.0 cm³/mol. The first-order valence-corrected chi connectivity index (χ1v) is 6.19. The lowest BCUT2D eigenvalue weighted by molar-refractivity contribution is -0.117. The van der Waals surface area contributed by atoms with Crippen molar-refractivity contribution in [1.82, 2.24) is 0 Å². The molecule has 5 nitrogen and oxygen atoms in total. The molecule has 19 heavy (non-hydrogen) atoms. The molecular formula is C14H18N4O. The van der Waals surface area contributed by atoms with Crippen LogP contribution < -0.4 is 15.5 Å². The van der Waals surface area contributed by atoms with Gasteiger partial charge in [-0.1, -0.05) is 0 Å². The minimum atomic E-state index is -0.334. The fourth-order valence-corrected chi connectivity index (χ4v) is 2.20. The molecule has 0 aromatic heterocycles. The average Bonchev–Trinajstić information content (AvgIpc) is 2.42. The van der Waals surface area contributed by atoms with Crippen molar-refractivity contribution >= 4 is 17.3 Å². The van der Waals surface area contributed by atoms with Crippen molar-refractivity contribution in [2.45, 2.75) is 19.4 Å². The van der Waals surface area contributed by atoms with Crippen LogP contribution in [0.1, 0.15) is 19.4 Å². The number of rotatable bonds is 2. The van der Waals surface area contributed by atoms with Crippen molar-refractivity contribution in [1.29, 1.82) is 5.26 Å². The Labute approximate surface area is 113 Å². The number of nitriles is 1.